The molecule has 0 heterocycles. The van der Waals surface area contributed by atoms with E-state index in [2.05, 4.69) is 37.2 Å². The van der Waals surface area contributed by atoms with Crippen LogP contribution in [-0.4, -0.2) is 36.8 Å². The Kier molecular flexibility index (Phi) is 5.02. The number of halogens is 2. The summed E-state index contributed by atoms with van der Waals surface area (Å²) in [5.41, 5.74) is 1.25. The molecular weight excluding hydrogens is 566 g/mol. The van der Waals surface area contributed by atoms with E-state index in [9.17, 15) is 9.90 Å². The van der Waals surface area contributed by atoms with Crippen molar-refractivity contribution in [2.75, 3.05) is 5.32 Å². The van der Waals surface area contributed by atoms with Gasteiger partial charge in [-0.1, -0.05) is 0 Å². The van der Waals surface area contributed by atoms with Gasteiger partial charge in [0.1, 0.15) is 0 Å². The summed E-state index contributed by atoms with van der Waals surface area (Å²) < 4.78 is 2.24. The second-order valence-corrected chi connectivity index (χ2v) is 8.17. The van der Waals surface area contributed by atoms with Crippen LogP contribution in [0.1, 0.15) is 10.4 Å². The van der Waals surface area contributed by atoms with Crippen LogP contribution in [0.25, 0.3) is 0 Å². The molecule has 0 aromatic heterocycles. The van der Waals surface area contributed by atoms with E-state index in [0.29, 0.717) is 46.0 Å². The molecule has 3 nitrogen and oxygen atoms in total. The number of hydrogen-bond acceptors (Lipinski definition) is 2. The zero-order valence-electron chi connectivity index (χ0n) is 9.65. The van der Waals surface area contributed by atoms with E-state index in [0.717, 1.165) is 0 Å². The van der Waals surface area contributed by atoms with Crippen LogP contribution in [0.3, 0.4) is 0 Å². The van der Waals surface area contributed by atoms with Gasteiger partial charge in [-0.3, -0.25) is 0 Å². The van der Waals surface area contributed by atoms with Crippen LogP contribution in [0, 0.1) is 0 Å². The number of carbonyl (C=O) groups excluding carboxylic acids is 1. The molecule has 94 valence electrons. The molecule has 0 bridgehead atoms. The van der Waals surface area contributed by atoms with E-state index in [1.54, 1.807) is 18.2 Å². The van der Waals surface area contributed by atoms with Crippen molar-refractivity contribution in [3.05, 3.63) is 50.9 Å². The van der Waals surface area contributed by atoms with Gasteiger partial charge in [0.2, 0.25) is 0 Å². The summed E-state index contributed by atoms with van der Waals surface area (Å²) in [6, 6.07) is 10.9. The zero-order valence-corrected chi connectivity index (χ0v) is 17.3. The standard InChI is InChI=1S/C13H8Br2NO2.Tl/c14-10-6-9(7-11(15)12(10)17)16-13(18)8-4-2-1-3-5-8;/h1-2,4-7,17H,(H,16,18);. The molecule has 2 rings (SSSR count). The second kappa shape index (κ2) is 6.36. The molecule has 2 aromatic carbocycles. The molecule has 0 saturated heterocycles. The fourth-order valence-corrected chi connectivity index (χ4v) is 3.84. The van der Waals surface area contributed by atoms with E-state index < -0.39 is 0 Å². The monoisotopic (exact) mass is 573 g/mol. The number of phenolic OH excluding ortho intramolecular Hbond substituents is 1. The van der Waals surface area contributed by atoms with E-state index in [1.807, 2.05) is 18.2 Å². The summed E-state index contributed by atoms with van der Waals surface area (Å²) >= 11 is 7.16. The summed E-state index contributed by atoms with van der Waals surface area (Å²) in [6.45, 7) is 0. The van der Waals surface area contributed by atoms with Crippen LogP contribution in [0.4, 0.5) is 5.69 Å². The normalized spacial score (nSPS) is 10.2. The van der Waals surface area contributed by atoms with E-state index in [1.165, 1.54) is 3.12 Å². The van der Waals surface area contributed by atoms with Gasteiger partial charge in [0.15, 0.2) is 0 Å². The van der Waals surface area contributed by atoms with Gasteiger partial charge in [-0.25, -0.2) is 0 Å². The number of amides is 1. The van der Waals surface area contributed by atoms with Crippen molar-refractivity contribution in [3.63, 3.8) is 0 Å². The molecule has 0 aliphatic carbocycles. The molecule has 0 saturated carbocycles. The van der Waals surface area contributed by atoms with Crippen molar-refractivity contribution >= 4 is 72.3 Å². The Labute approximate surface area is 143 Å². The Morgan fingerprint density at radius 1 is 1.16 bits per heavy atom. The molecule has 2 N–H and O–H groups in total. The Morgan fingerprint density at radius 3 is 2.37 bits per heavy atom. The first-order valence-electron chi connectivity index (χ1n) is 5.32. The minimum absolute atomic E-state index is 0.112. The van der Waals surface area contributed by atoms with Crippen LogP contribution in [0.15, 0.2) is 45.3 Å². The quantitative estimate of drug-likeness (QED) is 0.429. The number of hydrogen-bond donors (Lipinski definition) is 2. The van der Waals surface area contributed by atoms with Crippen molar-refractivity contribution in [2.45, 2.75) is 0 Å². The molecule has 0 spiro atoms. The number of nitrogens with one attached hydrogen (secondary N) is 1. The molecule has 0 fully saturated rings. The fraction of sp³-hybridized carbons (Fsp3) is 0. The molecule has 6 heteroatoms. The molecule has 0 atom stereocenters. The van der Waals surface area contributed by atoms with E-state index in [-0.39, 0.29) is 11.7 Å². The van der Waals surface area contributed by atoms with Crippen molar-refractivity contribution in [1.82, 2.24) is 0 Å². The van der Waals surface area contributed by atoms with E-state index in [4.69, 9.17) is 0 Å². The molecule has 0 unspecified atom stereocenters. The van der Waals surface area contributed by atoms with Gasteiger partial charge in [-0.05, 0) is 0 Å². The average Bonchev–Trinajstić information content (AvgIpc) is 2.36. The predicted molar refractivity (Wildman–Crippen MR) is 83.3 cm³/mol. The fourth-order valence-electron chi connectivity index (χ4n) is 1.52. The summed E-state index contributed by atoms with van der Waals surface area (Å²) in [7, 11) is 0. The molecule has 0 aliphatic heterocycles. The second-order valence-electron chi connectivity index (χ2n) is 3.87. The van der Waals surface area contributed by atoms with Crippen LogP contribution in [0.5, 0.6) is 5.75 Å². The Hall–Kier alpha value is -0.408. The first-order chi connectivity index (χ1) is 8.97. The summed E-state index contributed by atoms with van der Waals surface area (Å²) in [5, 5.41) is 12.4. The summed E-state index contributed by atoms with van der Waals surface area (Å²) in [5.74, 6) is -0.0484. The topological polar surface area (TPSA) is 49.3 Å². The third-order valence-corrected chi connectivity index (χ3v) is 5.03. The third kappa shape index (κ3) is 3.79. The summed E-state index contributed by atoms with van der Waals surface area (Å²) in [6.07, 6.45) is 0. The van der Waals surface area contributed by atoms with Crippen molar-refractivity contribution in [2.24, 2.45) is 0 Å². The van der Waals surface area contributed by atoms with Crippen LogP contribution < -0.4 is 8.44 Å². The minimum atomic E-state index is -0.160. The number of phenols is 1. The van der Waals surface area contributed by atoms with Crippen molar-refractivity contribution in [1.29, 1.82) is 0 Å². The molecule has 2 aromatic rings. The first kappa shape index (κ1) is 15.0. The Balaban J connectivity index is 2.24. The summed E-state index contributed by atoms with van der Waals surface area (Å²) in [4.78, 5) is 12.1. The first-order valence-corrected chi connectivity index (χ1v) is 9.15. The molecular formula is C13H8Br2NO2Tl. The average molecular weight is 574 g/mol. The zero-order chi connectivity index (χ0) is 14.0. The van der Waals surface area contributed by atoms with Gasteiger partial charge in [0.05, 0.1) is 0 Å². The van der Waals surface area contributed by atoms with Gasteiger partial charge in [0.25, 0.3) is 0 Å². The number of benzene rings is 2. The number of aromatic hydroxyl groups is 1. The van der Waals surface area contributed by atoms with Crippen LogP contribution >= 0.6 is 31.9 Å². The molecule has 0 aliphatic rings. The molecule has 1 amide bonds. The van der Waals surface area contributed by atoms with Crippen LogP contribution in [-0.2, 0) is 0 Å². The Bertz CT molecular complexity index is 623. The van der Waals surface area contributed by atoms with Crippen molar-refractivity contribution < 1.29 is 9.90 Å². The number of anilines is 1. The van der Waals surface area contributed by atoms with Gasteiger partial charge in [-0.15, -0.1) is 0 Å². The SMILES string of the molecule is O=C(Nc1cc(Br)c(O)c(Br)c1)c1ccc[c]([Tl])c1. The van der Waals surface area contributed by atoms with Crippen LogP contribution in [0.2, 0.25) is 0 Å². The van der Waals surface area contributed by atoms with E-state index >= 15 is 0 Å². The maximum atomic E-state index is 12.1. The molecule has 19 heavy (non-hydrogen) atoms. The number of rotatable bonds is 2. The maximum absolute atomic E-state index is 12.1. The number of carbonyl (C=O) groups is 1. The van der Waals surface area contributed by atoms with Gasteiger partial charge < -0.3 is 0 Å². The molecule has 0 radical (unpaired) electrons. The van der Waals surface area contributed by atoms with Gasteiger partial charge in [-0.2, -0.15) is 0 Å². The van der Waals surface area contributed by atoms with Crippen molar-refractivity contribution in [3.8, 4) is 5.75 Å². The van der Waals surface area contributed by atoms with Gasteiger partial charge >= 0.3 is 144 Å². The van der Waals surface area contributed by atoms with Gasteiger partial charge in [0, 0.05) is 0 Å². The third-order valence-electron chi connectivity index (χ3n) is 2.42. The Morgan fingerprint density at radius 2 is 1.79 bits per heavy atom. The predicted octanol–water partition coefficient (Wildman–Crippen LogP) is 2.96.